The summed E-state index contributed by atoms with van der Waals surface area (Å²) >= 11 is 0. The summed E-state index contributed by atoms with van der Waals surface area (Å²) in [6.07, 6.45) is 0.757. The molecule has 8 heteroatoms. The first-order chi connectivity index (χ1) is 13.3. The normalized spacial score (nSPS) is 23.2. The van der Waals surface area contributed by atoms with Gasteiger partial charge in [-0.05, 0) is 23.8 Å². The average Bonchev–Trinajstić information content (AvgIpc) is 2.99. The highest BCUT2D eigenvalue weighted by molar-refractivity contribution is 5.71. The Morgan fingerprint density at radius 1 is 1.07 bits per heavy atom. The number of nitrogens with one attached hydrogen (secondary N) is 1. The minimum absolute atomic E-state index is 0.161. The predicted octanol–water partition coefficient (Wildman–Crippen LogP) is 4.28. The zero-order valence-corrected chi connectivity index (χ0v) is 14.4. The van der Waals surface area contributed by atoms with E-state index in [2.05, 4.69) is 22.1 Å². The van der Waals surface area contributed by atoms with E-state index in [4.69, 9.17) is 4.74 Å². The number of pyridine rings is 1. The molecule has 1 N–H and O–H groups in total. The number of carbonyl (C=O) groups is 1. The van der Waals surface area contributed by atoms with Gasteiger partial charge in [0.25, 0.3) is 5.92 Å². The summed E-state index contributed by atoms with van der Waals surface area (Å²) in [5, 5.41) is 2.59. The van der Waals surface area contributed by atoms with Gasteiger partial charge < -0.3 is 10.1 Å². The van der Waals surface area contributed by atoms with Crippen LogP contribution in [0.1, 0.15) is 41.7 Å². The fourth-order valence-electron chi connectivity index (χ4n) is 3.32. The number of alkyl carbamates (subject to hydrolysis) is 1. The molecule has 0 bridgehead atoms. The van der Waals surface area contributed by atoms with Crippen LogP contribution in [-0.4, -0.2) is 17.0 Å². The molecule has 1 aromatic carbocycles. The molecule has 1 saturated carbocycles. The topological polar surface area (TPSA) is 51.2 Å². The maximum Gasteiger partial charge on any atom is 0.408 e. The third-order valence-electron chi connectivity index (χ3n) is 4.65. The van der Waals surface area contributed by atoms with Crippen LogP contribution in [0.25, 0.3) is 0 Å². The van der Waals surface area contributed by atoms with Gasteiger partial charge in [-0.25, -0.2) is 22.4 Å². The Labute approximate surface area is 157 Å². The number of aromatic nitrogens is 1. The second kappa shape index (κ2) is 6.82. The molecule has 1 saturated heterocycles. The van der Waals surface area contributed by atoms with E-state index >= 15 is 0 Å². The Bertz CT molecular complexity index is 971. The lowest BCUT2D eigenvalue weighted by atomic mass is 9.82. The van der Waals surface area contributed by atoms with Crippen LogP contribution in [0, 0.1) is 29.4 Å². The highest BCUT2D eigenvalue weighted by Crippen LogP contribution is 2.42. The summed E-state index contributed by atoms with van der Waals surface area (Å²) in [6, 6.07) is 3.82. The lowest BCUT2D eigenvalue weighted by molar-refractivity contribution is -0.0936. The summed E-state index contributed by atoms with van der Waals surface area (Å²) in [5.74, 6) is 1.02. The number of cyclic esters (lactones) is 1. The van der Waals surface area contributed by atoms with Crippen molar-refractivity contribution in [2.24, 2.45) is 5.92 Å². The van der Waals surface area contributed by atoms with Crippen LogP contribution < -0.4 is 5.32 Å². The van der Waals surface area contributed by atoms with Crippen molar-refractivity contribution in [3.8, 4) is 11.8 Å². The molecule has 1 aliphatic carbocycles. The van der Waals surface area contributed by atoms with Crippen LogP contribution in [0.4, 0.5) is 22.4 Å². The summed E-state index contributed by atoms with van der Waals surface area (Å²) in [5.41, 5.74) is 1.17. The molecule has 0 radical (unpaired) electrons. The molecule has 144 valence electrons. The number of benzene rings is 1. The van der Waals surface area contributed by atoms with E-state index in [1.807, 2.05) is 0 Å². The van der Waals surface area contributed by atoms with Gasteiger partial charge >= 0.3 is 6.09 Å². The van der Waals surface area contributed by atoms with E-state index in [1.165, 1.54) is 12.4 Å². The van der Waals surface area contributed by atoms with Crippen molar-refractivity contribution in [2.45, 2.75) is 30.9 Å². The Hall–Kier alpha value is -3.08. The summed E-state index contributed by atoms with van der Waals surface area (Å²) in [6.45, 7) is 0. The van der Waals surface area contributed by atoms with Gasteiger partial charge in [0.1, 0.15) is 17.7 Å². The molecule has 1 aliphatic heterocycles. The number of alkyl halides is 2. The molecule has 4 rings (SSSR count). The van der Waals surface area contributed by atoms with Crippen molar-refractivity contribution in [1.82, 2.24) is 10.3 Å². The molecule has 4 nitrogen and oxygen atoms in total. The smallest absolute Gasteiger partial charge is 0.408 e. The van der Waals surface area contributed by atoms with Gasteiger partial charge in [-0.2, -0.15) is 0 Å². The SMILES string of the molecule is O=C1NC(c2cncc(C#CC3CC(F)(F)C3)c2)C(c2cc(F)cc(F)c2)O1. The number of rotatable bonds is 2. The van der Waals surface area contributed by atoms with Gasteiger partial charge in [-0.1, -0.05) is 11.8 Å². The van der Waals surface area contributed by atoms with Crippen LogP contribution in [0.3, 0.4) is 0 Å². The molecule has 2 aromatic rings. The first-order valence-corrected chi connectivity index (χ1v) is 8.56. The summed E-state index contributed by atoms with van der Waals surface area (Å²) in [4.78, 5) is 15.8. The lowest BCUT2D eigenvalue weighted by Gasteiger charge is -2.31. The Kier molecular flexibility index (Phi) is 4.46. The number of halogens is 4. The molecule has 0 spiro atoms. The van der Waals surface area contributed by atoms with Crippen LogP contribution in [0.15, 0.2) is 36.7 Å². The fourth-order valence-corrected chi connectivity index (χ4v) is 3.32. The number of amides is 1. The van der Waals surface area contributed by atoms with E-state index in [9.17, 15) is 22.4 Å². The molecular weight excluding hydrogens is 376 g/mol. The van der Waals surface area contributed by atoms with Crippen molar-refractivity contribution < 1.29 is 27.1 Å². The van der Waals surface area contributed by atoms with Crippen molar-refractivity contribution in [3.05, 3.63) is 65.0 Å². The Morgan fingerprint density at radius 2 is 1.79 bits per heavy atom. The number of hydrogen-bond acceptors (Lipinski definition) is 3. The van der Waals surface area contributed by atoms with E-state index in [0.29, 0.717) is 11.1 Å². The Morgan fingerprint density at radius 3 is 2.46 bits per heavy atom. The molecule has 1 amide bonds. The van der Waals surface area contributed by atoms with E-state index in [-0.39, 0.29) is 24.3 Å². The molecule has 2 aliphatic rings. The summed E-state index contributed by atoms with van der Waals surface area (Å²) in [7, 11) is 0. The second-order valence-corrected chi connectivity index (χ2v) is 6.89. The zero-order chi connectivity index (χ0) is 19.9. The number of ether oxygens (including phenoxy) is 1. The maximum absolute atomic E-state index is 13.6. The largest absolute Gasteiger partial charge is 0.439 e. The van der Waals surface area contributed by atoms with Crippen molar-refractivity contribution in [2.75, 3.05) is 0 Å². The van der Waals surface area contributed by atoms with Gasteiger partial charge in [-0.3, -0.25) is 4.98 Å². The minimum Gasteiger partial charge on any atom is -0.439 e. The zero-order valence-electron chi connectivity index (χ0n) is 14.4. The Balaban J connectivity index is 1.59. The molecule has 1 aromatic heterocycles. The summed E-state index contributed by atoms with van der Waals surface area (Å²) < 4.78 is 58.1. The van der Waals surface area contributed by atoms with E-state index in [0.717, 1.165) is 18.2 Å². The quantitative estimate of drug-likeness (QED) is 0.615. The molecule has 2 heterocycles. The molecular formula is C20H14F4N2O2. The third kappa shape index (κ3) is 3.79. The standard InChI is InChI=1S/C20H14F4N2O2/c21-15-4-13(5-16(22)6-15)18-17(26-19(27)28-18)14-3-11(9-25-10-14)1-2-12-7-20(23,24)8-12/h3-6,9-10,12,17-18H,7-8H2,(H,26,27). The van der Waals surface area contributed by atoms with Crippen molar-refractivity contribution >= 4 is 6.09 Å². The van der Waals surface area contributed by atoms with Crippen LogP contribution in [-0.2, 0) is 4.74 Å². The van der Waals surface area contributed by atoms with Crippen LogP contribution >= 0.6 is 0 Å². The molecule has 2 atom stereocenters. The average molecular weight is 390 g/mol. The van der Waals surface area contributed by atoms with Crippen molar-refractivity contribution in [1.29, 1.82) is 0 Å². The molecule has 2 fully saturated rings. The van der Waals surface area contributed by atoms with Crippen LogP contribution in [0.5, 0.6) is 0 Å². The van der Waals surface area contributed by atoms with E-state index in [1.54, 1.807) is 6.07 Å². The second-order valence-electron chi connectivity index (χ2n) is 6.89. The van der Waals surface area contributed by atoms with Gasteiger partial charge in [0.2, 0.25) is 0 Å². The maximum atomic E-state index is 13.6. The minimum atomic E-state index is -2.64. The number of nitrogens with zero attached hydrogens (tertiary/aromatic N) is 1. The number of hydrogen-bond donors (Lipinski definition) is 1. The monoisotopic (exact) mass is 390 g/mol. The highest BCUT2D eigenvalue weighted by Gasteiger charge is 2.44. The first kappa shape index (κ1) is 18.3. The lowest BCUT2D eigenvalue weighted by Crippen LogP contribution is -2.34. The highest BCUT2D eigenvalue weighted by atomic mass is 19.3. The number of carbonyl (C=O) groups excluding carboxylic acids is 1. The third-order valence-corrected chi connectivity index (χ3v) is 4.65. The molecule has 2 unspecified atom stereocenters. The van der Waals surface area contributed by atoms with Crippen molar-refractivity contribution in [3.63, 3.8) is 0 Å². The van der Waals surface area contributed by atoms with Gasteiger partial charge in [0.15, 0.2) is 6.10 Å². The van der Waals surface area contributed by atoms with Crippen LogP contribution in [0.2, 0.25) is 0 Å². The van der Waals surface area contributed by atoms with E-state index < -0.39 is 35.8 Å². The fraction of sp³-hybridized carbons (Fsp3) is 0.300. The molecule has 28 heavy (non-hydrogen) atoms. The first-order valence-electron chi connectivity index (χ1n) is 8.56. The predicted molar refractivity (Wildman–Crippen MR) is 90.2 cm³/mol. The van der Waals surface area contributed by atoms with Gasteiger partial charge in [-0.15, -0.1) is 0 Å². The van der Waals surface area contributed by atoms with Gasteiger partial charge in [0, 0.05) is 48.3 Å². The van der Waals surface area contributed by atoms with Gasteiger partial charge in [0.05, 0.1) is 0 Å².